The van der Waals surface area contributed by atoms with Gasteiger partial charge in [-0.25, -0.2) is 0 Å². The summed E-state index contributed by atoms with van der Waals surface area (Å²) in [6.07, 6.45) is 7.88. The predicted molar refractivity (Wildman–Crippen MR) is 61.1 cm³/mol. The van der Waals surface area contributed by atoms with Crippen LogP contribution in [-0.4, -0.2) is 9.78 Å². The third kappa shape index (κ3) is 2.26. The van der Waals surface area contributed by atoms with Gasteiger partial charge in [0.05, 0.1) is 12.2 Å². The van der Waals surface area contributed by atoms with Crippen LogP contribution in [0.3, 0.4) is 0 Å². The Bertz CT molecular complexity index is 463. The van der Waals surface area contributed by atoms with Gasteiger partial charge in [-0.2, -0.15) is 5.10 Å². The molecule has 0 aliphatic rings. The highest BCUT2D eigenvalue weighted by molar-refractivity contribution is 5.57. The molecule has 0 bridgehead atoms. The van der Waals surface area contributed by atoms with Crippen LogP contribution in [0, 0.1) is 12.3 Å². The Kier molecular flexibility index (Phi) is 2.85. The van der Waals surface area contributed by atoms with Crippen molar-refractivity contribution in [3.05, 3.63) is 42.6 Å². The first-order chi connectivity index (χ1) is 7.40. The third-order valence-electron chi connectivity index (χ3n) is 2.20. The molecule has 0 atom stereocenters. The Morgan fingerprint density at radius 1 is 1.20 bits per heavy atom. The second kappa shape index (κ2) is 4.47. The van der Waals surface area contributed by atoms with Crippen LogP contribution in [0.15, 0.2) is 42.6 Å². The van der Waals surface area contributed by atoms with Gasteiger partial charge in [0, 0.05) is 18.2 Å². The van der Waals surface area contributed by atoms with Crippen LogP contribution in [0.1, 0.15) is 6.42 Å². The van der Waals surface area contributed by atoms with E-state index >= 15 is 0 Å². The Labute approximate surface area is 89.6 Å². The minimum atomic E-state index is 0.718. The molecule has 0 N–H and O–H groups in total. The van der Waals surface area contributed by atoms with Gasteiger partial charge in [-0.1, -0.05) is 30.3 Å². The second-order valence-corrected chi connectivity index (χ2v) is 3.28. The van der Waals surface area contributed by atoms with E-state index in [4.69, 9.17) is 6.42 Å². The van der Waals surface area contributed by atoms with Gasteiger partial charge < -0.3 is 0 Å². The van der Waals surface area contributed by atoms with E-state index in [1.54, 1.807) is 0 Å². The van der Waals surface area contributed by atoms with Crippen molar-refractivity contribution in [1.29, 1.82) is 0 Å². The van der Waals surface area contributed by atoms with Crippen LogP contribution in [0.5, 0.6) is 0 Å². The van der Waals surface area contributed by atoms with Gasteiger partial charge in [0.15, 0.2) is 0 Å². The standard InChI is InChI=1S/C13H12N2/c1-2-3-10-15-11-9-13(14-15)12-7-5-4-6-8-12/h1,4-9,11H,3,10H2. The number of aromatic nitrogens is 2. The molecule has 2 aromatic rings. The predicted octanol–water partition coefficient (Wildman–Crippen LogP) is 2.57. The summed E-state index contributed by atoms with van der Waals surface area (Å²) in [6.45, 7) is 0.781. The zero-order valence-electron chi connectivity index (χ0n) is 8.43. The molecule has 0 aliphatic heterocycles. The third-order valence-corrected chi connectivity index (χ3v) is 2.20. The summed E-state index contributed by atoms with van der Waals surface area (Å²) < 4.78 is 1.88. The molecule has 0 spiro atoms. The number of aryl methyl sites for hydroxylation is 1. The molecule has 0 saturated carbocycles. The Morgan fingerprint density at radius 2 is 2.00 bits per heavy atom. The number of hydrogen-bond acceptors (Lipinski definition) is 1. The monoisotopic (exact) mass is 196 g/mol. The Balaban J connectivity index is 2.18. The first kappa shape index (κ1) is 9.54. The highest BCUT2D eigenvalue weighted by Gasteiger charge is 2.00. The minimum absolute atomic E-state index is 0.718. The van der Waals surface area contributed by atoms with Crippen LogP contribution in [-0.2, 0) is 6.54 Å². The lowest BCUT2D eigenvalue weighted by molar-refractivity contribution is 0.632. The van der Waals surface area contributed by atoms with E-state index in [1.807, 2.05) is 47.3 Å². The molecule has 0 saturated heterocycles. The summed E-state index contributed by atoms with van der Waals surface area (Å²) in [5.41, 5.74) is 2.13. The van der Waals surface area contributed by atoms with Crippen LogP contribution < -0.4 is 0 Å². The van der Waals surface area contributed by atoms with Crippen molar-refractivity contribution in [1.82, 2.24) is 9.78 Å². The lowest BCUT2D eigenvalue weighted by atomic mass is 10.2. The molecule has 0 fully saturated rings. The highest BCUT2D eigenvalue weighted by Crippen LogP contribution is 2.15. The average molecular weight is 196 g/mol. The van der Waals surface area contributed by atoms with Gasteiger partial charge >= 0.3 is 0 Å². The fourth-order valence-electron chi connectivity index (χ4n) is 1.43. The molecule has 15 heavy (non-hydrogen) atoms. The van der Waals surface area contributed by atoms with E-state index in [9.17, 15) is 0 Å². The molecule has 74 valence electrons. The molecule has 2 nitrogen and oxygen atoms in total. The van der Waals surface area contributed by atoms with E-state index in [2.05, 4.69) is 11.0 Å². The normalized spacial score (nSPS) is 9.80. The van der Waals surface area contributed by atoms with Crippen molar-refractivity contribution in [3.8, 4) is 23.6 Å². The van der Waals surface area contributed by atoms with Crippen LogP contribution in [0.2, 0.25) is 0 Å². The summed E-state index contributed by atoms with van der Waals surface area (Å²) in [7, 11) is 0. The lowest BCUT2D eigenvalue weighted by Gasteiger charge is -1.97. The van der Waals surface area contributed by atoms with Crippen LogP contribution in [0.25, 0.3) is 11.3 Å². The maximum Gasteiger partial charge on any atom is 0.0923 e. The number of hydrogen-bond donors (Lipinski definition) is 0. The zero-order valence-corrected chi connectivity index (χ0v) is 8.43. The maximum absolute atomic E-state index is 5.20. The van der Waals surface area contributed by atoms with Gasteiger partial charge in [-0.05, 0) is 6.07 Å². The van der Waals surface area contributed by atoms with E-state index in [0.29, 0.717) is 0 Å². The Morgan fingerprint density at radius 3 is 2.73 bits per heavy atom. The van der Waals surface area contributed by atoms with Gasteiger partial charge in [-0.3, -0.25) is 4.68 Å². The molecular formula is C13H12N2. The summed E-state index contributed by atoms with van der Waals surface area (Å²) in [5.74, 6) is 2.60. The molecule has 1 heterocycles. The molecule has 2 heteroatoms. The van der Waals surface area contributed by atoms with Crippen molar-refractivity contribution in [2.75, 3.05) is 0 Å². The summed E-state index contributed by atoms with van der Waals surface area (Å²) in [4.78, 5) is 0. The second-order valence-electron chi connectivity index (χ2n) is 3.28. The van der Waals surface area contributed by atoms with Crippen molar-refractivity contribution in [3.63, 3.8) is 0 Å². The zero-order chi connectivity index (χ0) is 10.5. The van der Waals surface area contributed by atoms with E-state index < -0.39 is 0 Å². The van der Waals surface area contributed by atoms with E-state index in [-0.39, 0.29) is 0 Å². The maximum atomic E-state index is 5.20. The van der Waals surface area contributed by atoms with Gasteiger partial charge in [0.2, 0.25) is 0 Å². The van der Waals surface area contributed by atoms with E-state index in [1.165, 1.54) is 0 Å². The summed E-state index contributed by atoms with van der Waals surface area (Å²) >= 11 is 0. The number of nitrogens with zero attached hydrogens (tertiary/aromatic N) is 2. The molecule has 1 aromatic heterocycles. The lowest BCUT2D eigenvalue weighted by Crippen LogP contribution is -1.97. The van der Waals surface area contributed by atoms with Crippen LogP contribution >= 0.6 is 0 Å². The fraction of sp³-hybridized carbons (Fsp3) is 0.154. The van der Waals surface area contributed by atoms with Crippen molar-refractivity contribution < 1.29 is 0 Å². The highest BCUT2D eigenvalue weighted by atomic mass is 15.3. The number of rotatable bonds is 3. The number of terminal acetylenes is 1. The van der Waals surface area contributed by atoms with Gasteiger partial charge in [0.25, 0.3) is 0 Å². The number of benzene rings is 1. The topological polar surface area (TPSA) is 17.8 Å². The Hall–Kier alpha value is -2.01. The molecule has 0 unspecified atom stereocenters. The van der Waals surface area contributed by atoms with Gasteiger partial charge in [0.1, 0.15) is 0 Å². The SMILES string of the molecule is C#CCCn1ccc(-c2ccccc2)n1. The summed E-state index contributed by atoms with van der Waals surface area (Å²) in [6, 6.07) is 12.1. The smallest absolute Gasteiger partial charge is 0.0923 e. The first-order valence-corrected chi connectivity index (χ1v) is 4.92. The molecular weight excluding hydrogens is 184 g/mol. The van der Waals surface area contributed by atoms with Crippen LogP contribution in [0.4, 0.5) is 0 Å². The van der Waals surface area contributed by atoms with E-state index in [0.717, 1.165) is 24.2 Å². The fourth-order valence-corrected chi connectivity index (χ4v) is 1.43. The van der Waals surface area contributed by atoms with Gasteiger partial charge in [-0.15, -0.1) is 12.3 Å². The quantitative estimate of drug-likeness (QED) is 0.690. The largest absolute Gasteiger partial charge is 0.271 e. The molecule has 0 radical (unpaired) electrons. The first-order valence-electron chi connectivity index (χ1n) is 4.92. The summed E-state index contributed by atoms with van der Waals surface area (Å²) in [5, 5.41) is 4.44. The molecule has 1 aromatic carbocycles. The van der Waals surface area contributed by atoms with Crippen molar-refractivity contribution in [2.24, 2.45) is 0 Å². The molecule has 0 aliphatic carbocycles. The molecule has 0 amide bonds. The minimum Gasteiger partial charge on any atom is -0.271 e. The molecule has 2 rings (SSSR count). The van der Waals surface area contributed by atoms with Crippen molar-refractivity contribution in [2.45, 2.75) is 13.0 Å². The average Bonchev–Trinajstić information content (AvgIpc) is 2.76. The van der Waals surface area contributed by atoms with Crippen molar-refractivity contribution >= 4 is 0 Å².